The van der Waals surface area contributed by atoms with Crippen LogP contribution in [-0.4, -0.2) is 40.0 Å². The summed E-state index contributed by atoms with van der Waals surface area (Å²) >= 11 is 0. The summed E-state index contributed by atoms with van der Waals surface area (Å²) in [4.78, 5) is 17.9. The Morgan fingerprint density at radius 2 is 1.69 bits per heavy atom. The minimum atomic E-state index is -3.95. The summed E-state index contributed by atoms with van der Waals surface area (Å²) in [6, 6.07) is 12.9. The number of nitrogen functional groups attached to an aromatic ring is 1. The Labute approximate surface area is 225 Å². The van der Waals surface area contributed by atoms with E-state index in [4.69, 9.17) is 14.7 Å². The SMILES string of the molecule is COc1c(C)cnc(Cn2cnc3c(Nc4ccc(OS(=O)(=O)c5ccc(C)cc5)cc4)nc(N)nc32)c1C. The standard InChI is InChI=1S/C27H27N7O4S/c1-16-5-11-21(12-6-16)39(35,36)38-20-9-7-19(8-10-20)31-25-23-26(33-27(28)32-25)34(15-30-23)14-22-18(3)24(37-4)17(2)13-29-22/h5-13,15H,14H2,1-4H3,(H3,28,31,32,33). The number of aryl methyl sites for hydroxylation is 2. The van der Waals surface area contributed by atoms with Gasteiger partial charge in [-0.2, -0.15) is 18.4 Å². The Balaban J connectivity index is 1.38. The number of nitrogens with zero attached hydrogens (tertiary/aromatic N) is 5. The molecule has 0 radical (unpaired) electrons. The molecule has 0 aliphatic rings. The Morgan fingerprint density at radius 3 is 2.38 bits per heavy atom. The van der Waals surface area contributed by atoms with E-state index in [0.29, 0.717) is 29.2 Å². The number of benzene rings is 2. The minimum absolute atomic E-state index is 0.0714. The van der Waals surface area contributed by atoms with Gasteiger partial charge in [-0.3, -0.25) is 4.98 Å². The lowest BCUT2D eigenvalue weighted by Crippen LogP contribution is -2.09. The smallest absolute Gasteiger partial charge is 0.339 e. The largest absolute Gasteiger partial charge is 0.496 e. The van der Waals surface area contributed by atoms with Crippen LogP contribution in [-0.2, 0) is 16.7 Å². The van der Waals surface area contributed by atoms with Crippen molar-refractivity contribution in [2.45, 2.75) is 32.2 Å². The number of hydrogen-bond donors (Lipinski definition) is 2. The maximum absolute atomic E-state index is 12.6. The molecule has 0 saturated heterocycles. The van der Waals surface area contributed by atoms with Crippen LogP contribution in [0.3, 0.4) is 0 Å². The molecule has 2 aromatic carbocycles. The number of hydrogen-bond acceptors (Lipinski definition) is 10. The third-order valence-electron chi connectivity index (χ3n) is 6.18. The van der Waals surface area contributed by atoms with Crippen molar-refractivity contribution in [3.63, 3.8) is 0 Å². The molecule has 0 saturated carbocycles. The van der Waals surface area contributed by atoms with Crippen molar-refractivity contribution in [2.24, 2.45) is 0 Å². The monoisotopic (exact) mass is 545 g/mol. The Morgan fingerprint density at radius 1 is 0.974 bits per heavy atom. The van der Waals surface area contributed by atoms with Gasteiger partial charge in [0.1, 0.15) is 16.4 Å². The van der Waals surface area contributed by atoms with E-state index in [1.807, 2.05) is 25.3 Å². The number of pyridine rings is 1. The fourth-order valence-electron chi connectivity index (χ4n) is 4.17. The molecular formula is C27H27N7O4S. The van der Waals surface area contributed by atoms with Crippen molar-refractivity contribution in [3.8, 4) is 11.5 Å². The first kappa shape index (κ1) is 25.9. The van der Waals surface area contributed by atoms with Crippen molar-refractivity contribution in [2.75, 3.05) is 18.2 Å². The third kappa shape index (κ3) is 5.32. The zero-order valence-electron chi connectivity index (χ0n) is 21.8. The van der Waals surface area contributed by atoms with E-state index in [1.165, 1.54) is 12.1 Å². The van der Waals surface area contributed by atoms with Crippen LogP contribution >= 0.6 is 0 Å². The van der Waals surface area contributed by atoms with Crippen LogP contribution in [0.4, 0.5) is 17.5 Å². The summed E-state index contributed by atoms with van der Waals surface area (Å²) in [5, 5.41) is 3.18. The topological polar surface area (TPSA) is 147 Å². The molecule has 0 unspecified atom stereocenters. The lowest BCUT2D eigenvalue weighted by Gasteiger charge is -2.13. The van der Waals surface area contributed by atoms with Gasteiger partial charge in [0.05, 0.1) is 25.7 Å². The number of rotatable bonds is 8. The number of nitrogens with two attached hydrogens (primary N) is 1. The van der Waals surface area contributed by atoms with Crippen LogP contribution in [0.2, 0.25) is 0 Å². The van der Waals surface area contributed by atoms with E-state index in [2.05, 4.69) is 25.3 Å². The molecule has 0 spiro atoms. The molecule has 0 bridgehead atoms. The van der Waals surface area contributed by atoms with Gasteiger partial charge < -0.3 is 24.5 Å². The molecular weight excluding hydrogens is 518 g/mol. The Hall–Kier alpha value is -4.71. The van der Waals surface area contributed by atoms with Gasteiger partial charge in [0.15, 0.2) is 17.0 Å². The zero-order valence-corrected chi connectivity index (χ0v) is 22.7. The van der Waals surface area contributed by atoms with Gasteiger partial charge >= 0.3 is 10.1 Å². The highest BCUT2D eigenvalue weighted by Gasteiger charge is 2.18. The lowest BCUT2D eigenvalue weighted by molar-refractivity contribution is 0.406. The first-order valence-corrected chi connectivity index (χ1v) is 13.4. The highest BCUT2D eigenvalue weighted by Crippen LogP contribution is 2.28. The second-order valence-corrected chi connectivity index (χ2v) is 10.6. The number of imidazole rings is 1. The molecule has 0 aliphatic heterocycles. The van der Waals surface area contributed by atoms with E-state index in [1.54, 1.807) is 56.0 Å². The van der Waals surface area contributed by atoms with Gasteiger partial charge in [-0.15, -0.1) is 0 Å². The number of ether oxygens (including phenoxy) is 1. The first-order chi connectivity index (χ1) is 18.6. The summed E-state index contributed by atoms with van der Waals surface area (Å²) in [5.74, 6) is 1.44. The normalized spacial score (nSPS) is 11.5. The molecule has 5 rings (SSSR count). The lowest BCUT2D eigenvalue weighted by atomic mass is 10.1. The second-order valence-electron chi connectivity index (χ2n) is 9.02. The van der Waals surface area contributed by atoms with Gasteiger partial charge in [-0.25, -0.2) is 4.98 Å². The summed E-state index contributed by atoms with van der Waals surface area (Å²) < 4.78 is 37.8. The van der Waals surface area contributed by atoms with E-state index in [9.17, 15) is 8.42 Å². The van der Waals surface area contributed by atoms with Crippen LogP contribution in [0.15, 0.2) is 66.0 Å². The summed E-state index contributed by atoms with van der Waals surface area (Å²) in [6.45, 7) is 6.20. The van der Waals surface area contributed by atoms with Crippen LogP contribution < -0.4 is 20.0 Å². The van der Waals surface area contributed by atoms with Gasteiger partial charge in [0, 0.05) is 23.0 Å². The molecule has 200 valence electrons. The number of fused-ring (bicyclic) bond motifs is 1. The average molecular weight is 546 g/mol. The molecule has 12 heteroatoms. The summed E-state index contributed by atoms with van der Waals surface area (Å²) in [6.07, 6.45) is 3.43. The maximum Gasteiger partial charge on any atom is 0.339 e. The maximum atomic E-state index is 12.6. The van der Waals surface area contributed by atoms with E-state index < -0.39 is 10.1 Å². The Bertz CT molecular complexity index is 1770. The zero-order chi connectivity index (χ0) is 27.7. The van der Waals surface area contributed by atoms with Crippen molar-refractivity contribution in [1.29, 1.82) is 0 Å². The second kappa shape index (κ2) is 10.2. The molecule has 5 aromatic rings. The Kier molecular flexibility index (Phi) is 6.79. The van der Waals surface area contributed by atoms with Crippen LogP contribution in [0.1, 0.15) is 22.4 Å². The highest BCUT2D eigenvalue weighted by atomic mass is 32.2. The van der Waals surface area contributed by atoms with Crippen LogP contribution in [0.5, 0.6) is 11.5 Å². The molecule has 39 heavy (non-hydrogen) atoms. The molecule has 3 aromatic heterocycles. The van der Waals surface area contributed by atoms with E-state index >= 15 is 0 Å². The molecule has 0 aliphatic carbocycles. The fraction of sp³-hybridized carbons (Fsp3) is 0.185. The number of aromatic nitrogens is 5. The highest BCUT2D eigenvalue weighted by molar-refractivity contribution is 7.87. The quantitative estimate of drug-likeness (QED) is 0.271. The first-order valence-electron chi connectivity index (χ1n) is 12.0. The molecule has 11 nitrogen and oxygen atoms in total. The number of anilines is 3. The summed E-state index contributed by atoms with van der Waals surface area (Å²) in [5.41, 5.74) is 11.4. The van der Waals surface area contributed by atoms with Gasteiger partial charge in [0.25, 0.3) is 0 Å². The minimum Gasteiger partial charge on any atom is -0.496 e. The molecule has 0 atom stereocenters. The van der Waals surface area contributed by atoms with Crippen molar-refractivity contribution in [3.05, 3.63) is 83.4 Å². The molecule has 3 heterocycles. The molecule has 0 fully saturated rings. The van der Waals surface area contributed by atoms with Gasteiger partial charge in [0.2, 0.25) is 5.95 Å². The van der Waals surface area contributed by atoms with Crippen molar-refractivity contribution >= 4 is 38.7 Å². The van der Waals surface area contributed by atoms with Crippen molar-refractivity contribution in [1.82, 2.24) is 24.5 Å². The summed E-state index contributed by atoms with van der Waals surface area (Å²) in [7, 11) is -2.31. The van der Waals surface area contributed by atoms with Gasteiger partial charge in [-0.05, 0) is 57.2 Å². The predicted octanol–water partition coefficient (Wildman–Crippen LogP) is 4.30. The van der Waals surface area contributed by atoms with E-state index in [0.717, 1.165) is 28.1 Å². The third-order valence-corrected chi connectivity index (χ3v) is 7.45. The average Bonchev–Trinajstić information content (AvgIpc) is 3.30. The van der Waals surface area contributed by atoms with Crippen LogP contribution in [0.25, 0.3) is 11.2 Å². The fourth-order valence-corrected chi connectivity index (χ4v) is 5.10. The van der Waals surface area contributed by atoms with Gasteiger partial charge in [-0.1, -0.05) is 17.7 Å². The van der Waals surface area contributed by atoms with Crippen molar-refractivity contribution < 1.29 is 17.3 Å². The number of methoxy groups -OCH3 is 1. The number of nitrogens with one attached hydrogen (secondary N) is 1. The molecule has 0 amide bonds. The van der Waals surface area contributed by atoms with E-state index in [-0.39, 0.29) is 16.6 Å². The predicted molar refractivity (Wildman–Crippen MR) is 148 cm³/mol. The van der Waals surface area contributed by atoms with Crippen LogP contribution in [0, 0.1) is 20.8 Å². The molecule has 3 N–H and O–H groups in total.